The number of nitrogens with one attached hydrogen (secondary N) is 1. The van der Waals surface area contributed by atoms with Crippen molar-refractivity contribution in [1.29, 1.82) is 0 Å². The number of amides is 1. The van der Waals surface area contributed by atoms with E-state index in [0.717, 1.165) is 12.1 Å². The lowest BCUT2D eigenvalue weighted by Crippen LogP contribution is -2.34. The highest BCUT2D eigenvalue weighted by atomic mass is 19.1. The van der Waals surface area contributed by atoms with Gasteiger partial charge < -0.3 is 10.4 Å². The smallest absolute Gasteiger partial charge is 0.227 e. The van der Waals surface area contributed by atoms with E-state index in [-0.39, 0.29) is 12.1 Å². The van der Waals surface area contributed by atoms with Crippen LogP contribution in [0.4, 0.5) is 8.78 Å². The molecule has 1 aromatic rings. The highest BCUT2D eigenvalue weighted by Crippen LogP contribution is 2.22. The Balaban J connectivity index is 2.82. The van der Waals surface area contributed by atoms with Crippen LogP contribution in [-0.4, -0.2) is 23.7 Å². The second-order valence-corrected chi connectivity index (χ2v) is 3.95. The fraction of sp³-hybridized carbons (Fsp3) is 0.417. The third-order valence-electron chi connectivity index (χ3n) is 2.40. The number of benzene rings is 1. The summed E-state index contributed by atoms with van der Waals surface area (Å²) >= 11 is 0. The predicted octanol–water partition coefficient (Wildman–Crippen LogP) is 1.57. The van der Waals surface area contributed by atoms with Gasteiger partial charge in [-0.3, -0.25) is 4.79 Å². The average Bonchev–Trinajstić information content (AvgIpc) is 2.25. The maximum atomic E-state index is 13.4. The lowest BCUT2D eigenvalue weighted by atomic mass is 9.99. The monoisotopic (exact) mass is 243 g/mol. The second-order valence-electron chi connectivity index (χ2n) is 3.95. The molecule has 0 aromatic heterocycles. The molecule has 0 saturated carbocycles. The first-order valence-electron chi connectivity index (χ1n) is 5.33. The van der Waals surface area contributed by atoms with Crippen LogP contribution in [0.25, 0.3) is 0 Å². The van der Waals surface area contributed by atoms with Crippen LogP contribution < -0.4 is 5.32 Å². The molecule has 5 heteroatoms. The summed E-state index contributed by atoms with van der Waals surface area (Å²) in [6, 6.07) is 3.46. The molecule has 0 spiro atoms. The normalized spacial score (nSPS) is 14.2. The van der Waals surface area contributed by atoms with Crippen molar-refractivity contribution in [2.75, 3.05) is 6.54 Å². The zero-order valence-electron chi connectivity index (χ0n) is 9.71. The summed E-state index contributed by atoms with van der Waals surface area (Å²) in [6.45, 7) is 2.98. The van der Waals surface area contributed by atoms with Gasteiger partial charge in [0.05, 0.1) is 12.0 Å². The number of carbonyl (C=O) groups excluding carboxylic acids is 1. The number of halogens is 2. The Morgan fingerprint density at radius 3 is 2.35 bits per heavy atom. The van der Waals surface area contributed by atoms with Crippen LogP contribution in [0.1, 0.15) is 25.3 Å². The van der Waals surface area contributed by atoms with Crippen molar-refractivity contribution in [2.45, 2.75) is 25.9 Å². The van der Waals surface area contributed by atoms with Crippen LogP contribution in [0.3, 0.4) is 0 Å². The van der Waals surface area contributed by atoms with Crippen molar-refractivity contribution in [2.24, 2.45) is 0 Å². The number of rotatable bonds is 4. The van der Waals surface area contributed by atoms with Crippen molar-refractivity contribution in [3.63, 3.8) is 0 Å². The standard InChI is InChI=1S/C12H15F2NO2/c1-7(16)6-15-12(17)8(2)11-9(13)4-3-5-10(11)14/h3-5,7-8,16H,6H2,1-2H3,(H,15,17). The average molecular weight is 243 g/mol. The van der Waals surface area contributed by atoms with E-state index >= 15 is 0 Å². The molecule has 0 aliphatic carbocycles. The zero-order valence-corrected chi connectivity index (χ0v) is 9.71. The highest BCUT2D eigenvalue weighted by molar-refractivity contribution is 5.83. The molecule has 94 valence electrons. The molecule has 0 radical (unpaired) electrons. The summed E-state index contributed by atoms with van der Waals surface area (Å²) in [5.41, 5.74) is -0.254. The molecule has 0 saturated heterocycles. The molecule has 3 nitrogen and oxygen atoms in total. The first kappa shape index (κ1) is 13.6. The topological polar surface area (TPSA) is 49.3 Å². The maximum absolute atomic E-state index is 13.4. The Bertz CT molecular complexity index is 387. The molecule has 2 unspecified atom stereocenters. The van der Waals surface area contributed by atoms with E-state index < -0.39 is 29.6 Å². The largest absolute Gasteiger partial charge is 0.392 e. The van der Waals surface area contributed by atoms with Gasteiger partial charge in [-0.25, -0.2) is 8.78 Å². The van der Waals surface area contributed by atoms with Gasteiger partial charge in [-0.05, 0) is 26.0 Å². The van der Waals surface area contributed by atoms with Crippen LogP contribution in [-0.2, 0) is 4.79 Å². The summed E-state index contributed by atoms with van der Waals surface area (Å²) in [7, 11) is 0. The van der Waals surface area contributed by atoms with Gasteiger partial charge in [0.15, 0.2) is 0 Å². The van der Waals surface area contributed by atoms with Crippen molar-refractivity contribution in [3.8, 4) is 0 Å². The van der Waals surface area contributed by atoms with E-state index in [4.69, 9.17) is 5.11 Å². The Kier molecular flexibility index (Phi) is 4.57. The minimum Gasteiger partial charge on any atom is -0.392 e. The van der Waals surface area contributed by atoms with Crippen molar-refractivity contribution in [1.82, 2.24) is 5.32 Å². The molecule has 0 heterocycles. The number of carbonyl (C=O) groups is 1. The number of aliphatic hydroxyl groups is 1. The SMILES string of the molecule is CC(O)CNC(=O)C(C)c1c(F)cccc1F. The first-order valence-corrected chi connectivity index (χ1v) is 5.33. The van der Waals surface area contributed by atoms with Crippen LogP contribution in [0.5, 0.6) is 0 Å². The van der Waals surface area contributed by atoms with E-state index in [1.54, 1.807) is 0 Å². The van der Waals surface area contributed by atoms with E-state index in [2.05, 4.69) is 5.32 Å². The Hall–Kier alpha value is -1.49. The fourth-order valence-corrected chi connectivity index (χ4v) is 1.46. The van der Waals surface area contributed by atoms with Crippen LogP contribution in [0.15, 0.2) is 18.2 Å². The molecule has 2 N–H and O–H groups in total. The molecule has 0 aliphatic heterocycles. The van der Waals surface area contributed by atoms with Gasteiger partial charge in [0.25, 0.3) is 0 Å². The van der Waals surface area contributed by atoms with Crippen molar-refractivity contribution < 1.29 is 18.7 Å². The van der Waals surface area contributed by atoms with Crippen LogP contribution >= 0.6 is 0 Å². The minimum atomic E-state index is -0.935. The quantitative estimate of drug-likeness (QED) is 0.843. The molecule has 17 heavy (non-hydrogen) atoms. The van der Waals surface area contributed by atoms with E-state index in [1.807, 2.05) is 0 Å². The summed E-state index contributed by atoms with van der Waals surface area (Å²) in [6.07, 6.45) is -0.698. The number of aliphatic hydroxyl groups excluding tert-OH is 1. The van der Waals surface area contributed by atoms with Gasteiger partial charge in [-0.2, -0.15) is 0 Å². The number of hydrogen-bond donors (Lipinski definition) is 2. The van der Waals surface area contributed by atoms with Gasteiger partial charge in [0, 0.05) is 12.1 Å². The van der Waals surface area contributed by atoms with Crippen molar-refractivity contribution >= 4 is 5.91 Å². The van der Waals surface area contributed by atoms with E-state index in [1.165, 1.54) is 19.9 Å². The van der Waals surface area contributed by atoms with Gasteiger partial charge in [-0.1, -0.05) is 6.07 Å². The third-order valence-corrected chi connectivity index (χ3v) is 2.40. The Morgan fingerprint density at radius 2 is 1.88 bits per heavy atom. The highest BCUT2D eigenvalue weighted by Gasteiger charge is 2.22. The van der Waals surface area contributed by atoms with Gasteiger partial charge >= 0.3 is 0 Å². The summed E-state index contributed by atoms with van der Waals surface area (Å²) in [4.78, 5) is 11.6. The third kappa shape index (κ3) is 3.49. The molecule has 2 atom stereocenters. The number of hydrogen-bond acceptors (Lipinski definition) is 2. The Morgan fingerprint density at radius 1 is 1.35 bits per heavy atom. The molecular weight excluding hydrogens is 228 g/mol. The predicted molar refractivity (Wildman–Crippen MR) is 59.5 cm³/mol. The molecular formula is C12H15F2NO2. The molecule has 1 rings (SSSR count). The maximum Gasteiger partial charge on any atom is 0.227 e. The van der Waals surface area contributed by atoms with Crippen LogP contribution in [0, 0.1) is 11.6 Å². The van der Waals surface area contributed by atoms with E-state index in [0.29, 0.717) is 0 Å². The lowest BCUT2D eigenvalue weighted by molar-refractivity contribution is -0.122. The second kappa shape index (κ2) is 5.72. The summed E-state index contributed by atoms with van der Waals surface area (Å²) < 4.78 is 26.8. The van der Waals surface area contributed by atoms with Crippen LogP contribution in [0.2, 0.25) is 0 Å². The molecule has 1 amide bonds. The van der Waals surface area contributed by atoms with Gasteiger partial charge in [0.2, 0.25) is 5.91 Å². The fourth-order valence-electron chi connectivity index (χ4n) is 1.46. The molecule has 0 bridgehead atoms. The lowest BCUT2D eigenvalue weighted by Gasteiger charge is -2.14. The van der Waals surface area contributed by atoms with Gasteiger partial charge in [0.1, 0.15) is 11.6 Å². The summed E-state index contributed by atoms with van der Waals surface area (Å²) in [5, 5.41) is 11.4. The zero-order chi connectivity index (χ0) is 13.0. The summed E-state index contributed by atoms with van der Waals surface area (Å²) in [5.74, 6) is -2.95. The van der Waals surface area contributed by atoms with Crippen molar-refractivity contribution in [3.05, 3.63) is 35.4 Å². The molecule has 0 fully saturated rings. The van der Waals surface area contributed by atoms with Gasteiger partial charge in [-0.15, -0.1) is 0 Å². The minimum absolute atomic E-state index is 0.0548. The first-order chi connectivity index (χ1) is 7.93. The Labute approximate surface area is 98.5 Å². The van der Waals surface area contributed by atoms with E-state index in [9.17, 15) is 13.6 Å². The molecule has 0 aliphatic rings. The molecule has 1 aromatic carbocycles.